The number of likely N-dealkylation sites (N-methyl/N-ethyl adjacent to an activating group) is 1. The molecule has 2 heterocycles. The van der Waals surface area contributed by atoms with Crippen molar-refractivity contribution in [2.24, 2.45) is 11.3 Å². The average Bonchev–Trinajstić information content (AvgIpc) is 2.89. The van der Waals surface area contributed by atoms with Gasteiger partial charge in [-0.2, -0.15) is 0 Å². The number of nitrogens with one attached hydrogen (secondary N) is 2. The van der Waals surface area contributed by atoms with Gasteiger partial charge in [-0.15, -0.1) is 0 Å². The standard InChI is InChI=1S/C23H29N5O4/c1-14-9-22(2,3)13-23(10-14)20(31)28(21(32)26-23)12-18(29)27(4)11-17-24-16-8-6-5-7-15(16)19(30)25-17/h5-8,14H,9-13H2,1-4H3,(H,26,32)(H,24,25,30)/t14-,23-/m0/s1. The Kier molecular flexibility index (Phi) is 5.30. The Morgan fingerprint density at radius 2 is 1.94 bits per heavy atom. The predicted octanol–water partition coefficient (Wildman–Crippen LogP) is 2.02. The number of carbonyl (C=O) groups excluding carboxylic acids is 3. The van der Waals surface area contributed by atoms with Crippen LogP contribution in [0.3, 0.4) is 0 Å². The van der Waals surface area contributed by atoms with Gasteiger partial charge in [-0.1, -0.05) is 32.9 Å². The summed E-state index contributed by atoms with van der Waals surface area (Å²) in [5, 5.41) is 3.36. The highest BCUT2D eigenvalue weighted by molar-refractivity contribution is 6.09. The molecule has 0 unspecified atom stereocenters. The number of rotatable bonds is 4. The highest BCUT2D eigenvalue weighted by Gasteiger charge is 2.56. The molecular formula is C23H29N5O4. The first-order chi connectivity index (χ1) is 15.0. The molecule has 0 bridgehead atoms. The van der Waals surface area contributed by atoms with E-state index in [0.29, 0.717) is 29.6 Å². The van der Waals surface area contributed by atoms with Gasteiger partial charge < -0.3 is 15.2 Å². The maximum absolute atomic E-state index is 13.2. The Balaban J connectivity index is 1.47. The molecule has 2 aliphatic rings. The summed E-state index contributed by atoms with van der Waals surface area (Å²) in [6, 6.07) is 6.43. The van der Waals surface area contributed by atoms with Crippen LogP contribution in [0.4, 0.5) is 4.79 Å². The number of hydrogen-bond donors (Lipinski definition) is 2. The molecule has 1 saturated carbocycles. The second-order valence-corrected chi connectivity index (χ2v) is 10.0. The quantitative estimate of drug-likeness (QED) is 0.707. The van der Waals surface area contributed by atoms with Gasteiger partial charge in [-0.25, -0.2) is 9.78 Å². The first-order valence-corrected chi connectivity index (χ1v) is 10.9. The van der Waals surface area contributed by atoms with E-state index in [9.17, 15) is 19.2 Å². The van der Waals surface area contributed by atoms with Crippen molar-refractivity contribution in [3.05, 3.63) is 40.4 Å². The normalized spacial score (nSPS) is 24.8. The molecule has 1 aromatic heterocycles. The number of fused-ring (bicyclic) bond motifs is 1. The fourth-order valence-electron chi connectivity index (χ4n) is 5.43. The molecule has 9 nitrogen and oxygen atoms in total. The van der Waals surface area contributed by atoms with E-state index in [1.807, 2.05) is 0 Å². The fourth-order valence-corrected chi connectivity index (χ4v) is 5.43. The average molecular weight is 440 g/mol. The Bertz CT molecular complexity index is 1160. The Morgan fingerprint density at radius 1 is 1.22 bits per heavy atom. The summed E-state index contributed by atoms with van der Waals surface area (Å²) in [5.41, 5.74) is -0.763. The molecule has 4 amide bonds. The lowest BCUT2D eigenvalue weighted by atomic mass is 9.64. The number of aromatic nitrogens is 2. The third-order valence-corrected chi connectivity index (χ3v) is 6.39. The Morgan fingerprint density at radius 3 is 2.66 bits per heavy atom. The zero-order chi connectivity index (χ0) is 23.3. The third-order valence-electron chi connectivity index (χ3n) is 6.39. The molecule has 1 aromatic carbocycles. The molecule has 2 fully saturated rings. The molecule has 2 aromatic rings. The van der Waals surface area contributed by atoms with Crippen LogP contribution in [0.2, 0.25) is 0 Å². The first kappa shape index (κ1) is 22.0. The van der Waals surface area contributed by atoms with Crippen molar-refractivity contribution < 1.29 is 14.4 Å². The van der Waals surface area contributed by atoms with E-state index >= 15 is 0 Å². The lowest BCUT2D eigenvalue weighted by molar-refractivity contribution is -0.140. The number of benzene rings is 1. The van der Waals surface area contributed by atoms with Crippen LogP contribution in [-0.2, 0) is 16.1 Å². The second kappa shape index (κ2) is 7.72. The maximum atomic E-state index is 13.2. The van der Waals surface area contributed by atoms with Crippen LogP contribution in [0.25, 0.3) is 10.9 Å². The largest absolute Gasteiger partial charge is 0.337 e. The second-order valence-electron chi connectivity index (χ2n) is 10.0. The molecule has 9 heteroatoms. The molecule has 170 valence electrons. The van der Waals surface area contributed by atoms with Gasteiger partial charge in [0.05, 0.1) is 17.4 Å². The van der Waals surface area contributed by atoms with Gasteiger partial charge in [0.15, 0.2) is 0 Å². The van der Waals surface area contributed by atoms with Crippen LogP contribution in [-0.4, -0.2) is 56.7 Å². The summed E-state index contributed by atoms with van der Waals surface area (Å²) >= 11 is 0. The number of carbonyl (C=O) groups is 3. The number of para-hydroxylation sites is 1. The van der Waals surface area contributed by atoms with Gasteiger partial charge >= 0.3 is 6.03 Å². The lowest BCUT2D eigenvalue weighted by Crippen LogP contribution is -2.54. The van der Waals surface area contributed by atoms with E-state index in [4.69, 9.17) is 0 Å². The third kappa shape index (κ3) is 3.99. The number of imide groups is 1. The molecule has 1 aliphatic carbocycles. The molecular weight excluding hydrogens is 410 g/mol. The molecule has 4 rings (SSSR count). The summed E-state index contributed by atoms with van der Waals surface area (Å²) in [7, 11) is 1.55. The van der Waals surface area contributed by atoms with Crippen molar-refractivity contribution in [1.29, 1.82) is 0 Å². The molecule has 0 radical (unpaired) electrons. The predicted molar refractivity (Wildman–Crippen MR) is 119 cm³/mol. The Labute approximate surface area is 186 Å². The lowest BCUT2D eigenvalue weighted by Gasteiger charge is -2.43. The zero-order valence-electron chi connectivity index (χ0n) is 18.9. The molecule has 32 heavy (non-hydrogen) atoms. The SMILES string of the molecule is C[C@H]1CC(C)(C)C[C@]2(C1)NC(=O)N(CC(=O)N(C)Cc1nc3ccccc3c(=O)[nH]1)C2=O. The zero-order valence-corrected chi connectivity index (χ0v) is 18.9. The number of nitrogens with zero attached hydrogens (tertiary/aromatic N) is 3. The maximum Gasteiger partial charge on any atom is 0.325 e. The summed E-state index contributed by atoms with van der Waals surface area (Å²) in [6.07, 6.45) is 2.11. The van der Waals surface area contributed by atoms with Crippen LogP contribution >= 0.6 is 0 Å². The van der Waals surface area contributed by atoms with Crippen LogP contribution in [0.5, 0.6) is 0 Å². The van der Waals surface area contributed by atoms with Crippen LogP contribution in [0, 0.1) is 11.3 Å². The highest BCUT2D eigenvalue weighted by atomic mass is 16.2. The fraction of sp³-hybridized carbons (Fsp3) is 0.522. The van der Waals surface area contributed by atoms with E-state index in [2.05, 4.69) is 36.1 Å². The summed E-state index contributed by atoms with van der Waals surface area (Å²) in [6.45, 7) is 5.99. The molecule has 1 spiro atoms. The number of urea groups is 1. The van der Waals surface area contributed by atoms with Crippen LogP contribution in [0.1, 0.15) is 45.9 Å². The van der Waals surface area contributed by atoms with Crippen molar-refractivity contribution in [2.75, 3.05) is 13.6 Å². The van der Waals surface area contributed by atoms with Crippen molar-refractivity contribution in [2.45, 2.75) is 52.1 Å². The van der Waals surface area contributed by atoms with E-state index < -0.39 is 17.5 Å². The van der Waals surface area contributed by atoms with Crippen LogP contribution < -0.4 is 10.9 Å². The highest BCUT2D eigenvalue weighted by Crippen LogP contribution is 2.46. The molecule has 1 aliphatic heterocycles. The van der Waals surface area contributed by atoms with Gasteiger partial charge in [-0.3, -0.25) is 19.3 Å². The van der Waals surface area contributed by atoms with Gasteiger partial charge in [-0.05, 0) is 42.7 Å². The minimum absolute atomic E-state index is 0.0533. The molecule has 1 saturated heterocycles. The smallest absolute Gasteiger partial charge is 0.325 e. The first-order valence-electron chi connectivity index (χ1n) is 10.9. The number of H-pyrrole nitrogens is 1. The van der Waals surface area contributed by atoms with Crippen molar-refractivity contribution in [3.8, 4) is 0 Å². The topological polar surface area (TPSA) is 115 Å². The van der Waals surface area contributed by atoms with E-state index in [-0.39, 0.29) is 35.9 Å². The van der Waals surface area contributed by atoms with Crippen molar-refractivity contribution in [3.63, 3.8) is 0 Å². The van der Waals surface area contributed by atoms with Crippen molar-refractivity contribution >= 4 is 28.7 Å². The monoisotopic (exact) mass is 439 g/mol. The van der Waals surface area contributed by atoms with Gasteiger partial charge in [0, 0.05) is 7.05 Å². The molecule has 2 N–H and O–H groups in total. The minimum Gasteiger partial charge on any atom is -0.337 e. The number of hydrogen-bond acceptors (Lipinski definition) is 5. The van der Waals surface area contributed by atoms with E-state index in [0.717, 1.165) is 11.3 Å². The van der Waals surface area contributed by atoms with Crippen LogP contribution in [0.15, 0.2) is 29.1 Å². The summed E-state index contributed by atoms with van der Waals surface area (Å²) in [4.78, 5) is 60.5. The van der Waals surface area contributed by atoms with E-state index in [1.54, 1.807) is 31.3 Å². The van der Waals surface area contributed by atoms with E-state index in [1.165, 1.54) is 4.90 Å². The Hall–Kier alpha value is -3.23. The van der Waals surface area contributed by atoms with Gasteiger partial charge in [0.1, 0.15) is 17.9 Å². The van der Waals surface area contributed by atoms with Gasteiger partial charge in [0.2, 0.25) is 5.91 Å². The van der Waals surface area contributed by atoms with Crippen molar-refractivity contribution in [1.82, 2.24) is 25.1 Å². The summed E-state index contributed by atoms with van der Waals surface area (Å²) < 4.78 is 0. The molecule has 2 atom stereocenters. The minimum atomic E-state index is -0.942. The number of amides is 4. The van der Waals surface area contributed by atoms with Gasteiger partial charge in [0.25, 0.3) is 11.5 Å². The summed E-state index contributed by atoms with van der Waals surface area (Å²) in [5.74, 6) is -0.121. The number of aromatic amines is 1.